The van der Waals surface area contributed by atoms with E-state index < -0.39 is 0 Å². The molecule has 0 saturated carbocycles. The predicted molar refractivity (Wildman–Crippen MR) is 133 cm³/mol. The lowest BCUT2D eigenvalue weighted by Crippen LogP contribution is -2.51. The fourth-order valence-electron chi connectivity index (χ4n) is 5.48. The van der Waals surface area contributed by atoms with Crippen LogP contribution in [-0.2, 0) is 22.7 Å². The van der Waals surface area contributed by atoms with E-state index in [-0.39, 0.29) is 29.0 Å². The molecule has 3 aromatic rings. The lowest BCUT2D eigenvalue weighted by Gasteiger charge is -2.35. The zero-order chi connectivity index (χ0) is 24.1. The first-order chi connectivity index (χ1) is 17.0. The molecule has 2 unspecified atom stereocenters. The van der Waals surface area contributed by atoms with Crippen LogP contribution in [0.2, 0.25) is 0 Å². The number of rotatable bonds is 4. The number of aromatic amines is 1. The van der Waals surface area contributed by atoms with E-state index in [2.05, 4.69) is 48.4 Å². The van der Waals surface area contributed by atoms with Crippen LogP contribution in [0, 0.1) is 5.82 Å². The molecule has 2 N–H and O–H groups in total. The van der Waals surface area contributed by atoms with Crippen LogP contribution in [0.3, 0.4) is 0 Å². The molecule has 2 saturated heterocycles. The summed E-state index contributed by atoms with van der Waals surface area (Å²) in [5.74, 6) is 0.193. The number of thiol groups is 1. The minimum absolute atomic E-state index is 0.149. The van der Waals surface area contributed by atoms with Crippen LogP contribution in [0.25, 0.3) is 10.9 Å². The average molecular weight is 495 g/mol. The summed E-state index contributed by atoms with van der Waals surface area (Å²) >= 11 is 4.79. The first kappa shape index (κ1) is 22.5. The lowest BCUT2D eigenvalue weighted by molar-refractivity contribution is -0.137. The predicted octanol–water partition coefficient (Wildman–Crippen LogP) is 2.57. The van der Waals surface area contributed by atoms with Crippen LogP contribution < -0.4 is 10.2 Å². The number of piperazine rings is 1. The first-order valence-electron chi connectivity index (χ1n) is 12.0. The van der Waals surface area contributed by atoms with Gasteiger partial charge in [-0.15, -0.1) is 0 Å². The molecular formula is C25H27FN6O2S. The molecule has 2 amide bonds. The zero-order valence-electron chi connectivity index (χ0n) is 19.2. The van der Waals surface area contributed by atoms with Crippen molar-refractivity contribution in [1.29, 1.82) is 0 Å². The number of hydrogen-bond donors (Lipinski definition) is 3. The fourth-order valence-corrected chi connectivity index (χ4v) is 5.98. The molecule has 3 aliphatic rings. The Morgan fingerprint density at radius 2 is 1.91 bits per heavy atom. The van der Waals surface area contributed by atoms with Crippen molar-refractivity contribution in [2.45, 2.75) is 37.3 Å². The molecule has 8 nitrogen and oxygen atoms in total. The minimum atomic E-state index is -0.325. The molecule has 35 heavy (non-hydrogen) atoms. The number of piperidine rings is 1. The first-order valence-corrected chi connectivity index (χ1v) is 12.5. The fraction of sp³-hybridized carbons (Fsp3) is 0.400. The maximum atomic E-state index is 13.5. The van der Waals surface area contributed by atoms with E-state index in [9.17, 15) is 14.0 Å². The van der Waals surface area contributed by atoms with Crippen LogP contribution in [0.15, 0.2) is 36.4 Å². The Balaban J connectivity index is 1.09. The van der Waals surface area contributed by atoms with Gasteiger partial charge in [-0.2, -0.15) is 17.7 Å². The summed E-state index contributed by atoms with van der Waals surface area (Å²) in [5.41, 5.74) is 4.28. The van der Waals surface area contributed by atoms with Crippen molar-refractivity contribution < 1.29 is 14.0 Å². The van der Waals surface area contributed by atoms with Crippen molar-refractivity contribution in [1.82, 2.24) is 25.3 Å². The molecule has 2 atom stereocenters. The number of hydrogen-bond acceptors (Lipinski definition) is 7. The molecule has 4 heterocycles. The average Bonchev–Trinajstić information content (AvgIpc) is 3.40. The van der Waals surface area contributed by atoms with Crippen molar-refractivity contribution in [3.63, 3.8) is 0 Å². The number of fused-ring (bicyclic) bond motifs is 2. The number of H-pyrrole nitrogens is 1. The highest BCUT2D eigenvalue weighted by Crippen LogP contribution is 2.39. The van der Waals surface area contributed by atoms with Crippen LogP contribution in [0.1, 0.15) is 34.9 Å². The summed E-state index contributed by atoms with van der Waals surface area (Å²) < 4.78 is 13.5. The molecule has 0 aliphatic carbocycles. The smallest absolute Gasteiger partial charge is 0.243 e. The number of amides is 2. The monoisotopic (exact) mass is 494 g/mol. The second-order valence-electron chi connectivity index (χ2n) is 9.55. The number of benzene rings is 2. The van der Waals surface area contributed by atoms with Gasteiger partial charge in [-0.25, -0.2) is 4.39 Å². The van der Waals surface area contributed by atoms with Gasteiger partial charge in [-0.3, -0.25) is 29.8 Å². The zero-order valence-corrected chi connectivity index (χ0v) is 20.1. The van der Waals surface area contributed by atoms with Gasteiger partial charge in [0.15, 0.2) is 5.82 Å². The molecule has 2 fully saturated rings. The Hall–Kier alpha value is -2.95. The molecule has 10 heteroatoms. The maximum Gasteiger partial charge on any atom is 0.243 e. The number of nitrogens with one attached hydrogen (secondary N) is 2. The quantitative estimate of drug-likeness (QED) is 0.382. The number of imide groups is 1. The minimum Gasteiger partial charge on any atom is -0.352 e. The third kappa shape index (κ3) is 4.19. The third-order valence-electron chi connectivity index (χ3n) is 7.35. The molecule has 182 valence electrons. The van der Waals surface area contributed by atoms with E-state index in [1.165, 1.54) is 23.3 Å². The van der Waals surface area contributed by atoms with E-state index >= 15 is 0 Å². The number of anilines is 1. The molecular weight excluding hydrogens is 467 g/mol. The Morgan fingerprint density at radius 3 is 2.71 bits per heavy atom. The molecule has 1 aromatic heterocycles. The molecule has 6 rings (SSSR count). The topological polar surface area (TPSA) is 84.6 Å². The summed E-state index contributed by atoms with van der Waals surface area (Å²) in [6, 6.07) is 10.9. The number of aromatic nitrogens is 2. The SMILES string of the molecule is O=C1CCC(N2Cc3cc(CN4CCN(c5n[nH]c6cc(F)ccc56)CC4)ccc3C2S)C(=O)N1. The van der Waals surface area contributed by atoms with Crippen LogP contribution >= 0.6 is 12.6 Å². The van der Waals surface area contributed by atoms with Gasteiger partial charge in [-0.1, -0.05) is 18.2 Å². The molecule has 0 bridgehead atoms. The highest BCUT2D eigenvalue weighted by Gasteiger charge is 2.39. The second kappa shape index (κ2) is 8.92. The Kier molecular flexibility index (Phi) is 5.74. The second-order valence-corrected chi connectivity index (χ2v) is 10.0. The molecule has 3 aliphatic heterocycles. The maximum absolute atomic E-state index is 13.5. The molecule has 0 spiro atoms. The van der Waals surface area contributed by atoms with E-state index in [0.717, 1.165) is 55.0 Å². The Labute approximate surface area is 207 Å². The molecule has 2 aromatic carbocycles. The van der Waals surface area contributed by atoms with Crippen molar-refractivity contribution in [2.75, 3.05) is 31.1 Å². The lowest BCUT2D eigenvalue weighted by atomic mass is 10.0. The largest absolute Gasteiger partial charge is 0.352 e. The summed E-state index contributed by atoms with van der Waals surface area (Å²) in [5, 5.41) is 10.6. The highest BCUT2D eigenvalue weighted by atomic mass is 32.1. The van der Waals surface area contributed by atoms with Gasteiger partial charge in [0.2, 0.25) is 11.8 Å². The molecule has 0 radical (unpaired) electrons. The van der Waals surface area contributed by atoms with Gasteiger partial charge in [0.1, 0.15) is 5.82 Å². The highest BCUT2D eigenvalue weighted by molar-refractivity contribution is 7.80. The Morgan fingerprint density at radius 1 is 1.09 bits per heavy atom. The number of halogens is 1. The van der Waals surface area contributed by atoms with Gasteiger partial charge >= 0.3 is 0 Å². The standard InChI is InChI=1S/C25H27FN6O2S/c26-17-2-4-19-20(12-17)28-29-23(19)31-9-7-30(8-10-31)13-15-1-3-18-16(11-15)14-32(25(18)35)21-5-6-22(33)27-24(21)34/h1-4,11-12,21,25,35H,5-10,13-14H2,(H,28,29)(H,27,33,34). The number of carbonyl (C=O) groups is 2. The third-order valence-corrected chi connectivity index (χ3v) is 7.92. The van der Waals surface area contributed by atoms with E-state index in [4.69, 9.17) is 12.6 Å². The van der Waals surface area contributed by atoms with E-state index in [1.807, 2.05) is 0 Å². The van der Waals surface area contributed by atoms with E-state index in [1.54, 1.807) is 6.07 Å². The number of nitrogens with zero attached hydrogens (tertiary/aromatic N) is 4. The van der Waals surface area contributed by atoms with Gasteiger partial charge < -0.3 is 4.90 Å². The van der Waals surface area contributed by atoms with Crippen molar-refractivity contribution in [2.24, 2.45) is 0 Å². The van der Waals surface area contributed by atoms with Gasteiger partial charge in [0.05, 0.1) is 16.9 Å². The van der Waals surface area contributed by atoms with Gasteiger partial charge in [-0.05, 0) is 41.3 Å². The normalized spacial score (nSPS) is 23.7. The number of carbonyl (C=O) groups excluding carboxylic acids is 2. The Bertz CT molecular complexity index is 1300. The summed E-state index contributed by atoms with van der Waals surface area (Å²) in [4.78, 5) is 30.7. The van der Waals surface area contributed by atoms with Crippen LogP contribution in [0.5, 0.6) is 0 Å². The van der Waals surface area contributed by atoms with Crippen molar-refractivity contribution in [3.8, 4) is 0 Å². The van der Waals surface area contributed by atoms with E-state index in [0.29, 0.717) is 19.4 Å². The summed E-state index contributed by atoms with van der Waals surface area (Å²) in [6.07, 6.45) is 0.902. The van der Waals surface area contributed by atoms with Gasteiger partial charge in [0.25, 0.3) is 0 Å². The van der Waals surface area contributed by atoms with Crippen LogP contribution in [0.4, 0.5) is 10.2 Å². The van der Waals surface area contributed by atoms with Crippen molar-refractivity contribution >= 4 is 41.2 Å². The summed E-state index contributed by atoms with van der Waals surface area (Å²) in [7, 11) is 0. The van der Waals surface area contributed by atoms with Crippen LogP contribution in [-0.4, -0.2) is 64.0 Å². The van der Waals surface area contributed by atoms with Gasteiger partial charge in [0, 0.05) is 51.1 Å². The summed E-state index contributed by atoms with van der Waals surface area (Å²) in [6.45, 7) is 5.02. The van der Waals surface area contributed by atoms with Crippen molar-refractivity contribution in [3.05, 3.63) is 58.9 Å².